The predicted molar refractivity (Wildman–Crippen MR) is 118 cm³/mol. The van der Waals surface area contributed by atoms with Crippen molar-refractivity contribution in [2.45, 2.75) is 51.0 Å². The Hall–Kier alpha value is -3.02. The summed E-state index contributed by atoms with van der Waals surface area (Å²) in [5.74, 6) is 0.453. The van der Waals surface area contributed by atoms with Gasteiger partial charge in [-0.25, -0.2) is 8.78 Å². The lowest BCUT2D eigenvalue weighted by molar-refractivity contribution is 0.301. The third-order valence-corrected chi connectivity index (χ3v) is 6.45. The summed E-state index contributed by atoms with van der Waals surface area (Å²) in [6.45, 7) is 2.11. The van der Waals surface area contributed by atoms with Crippen molar-refractivity contribution in [1.82, 2.24) is 9.97 Å². The summed E-state index contributed by atoms with van der Waals surface area (Å²) in [7, 11) is 0. The first kappa shape index (κ1) is 19.9. The molecular weight excluding hydrogens is 396 g/mol. The molecule has 1 saturated carbocycles. The Balaban J connectivity index is 1.21. The third-order valence-electron chi connectivity index (χ3n) is 6.45. The largest absolute Gasteiger partial charge is 0.423 e. The van der Waals surface area contributed by atoms with Gasteiger partial charge in [-0.05, 0) is 92.8 Å². The zero-order chi connectivity index (χ0) is 21.4. The molecule has 4 aromatic rings. The van der Waals surface area contributed by atoms with Gasteiger partial charge in [-0.1, -0.05) is 6.07 Å². The van der Waals surface area contributed by atoms with E-state index in [4.69, 9.17) is 4.42 Å². The number of pyridine rings is 1. The SMILES string of the molecule is C[C@H](CC1CCC(c2ccnc3ccc(F)cc23)CC1)Nc1nc2c(F)cccc2o1. The van der Waals surface area contributed by atoms with Crippen LogP contribution in [0.1, 0.15) is 50.5 Å². The Morgan fingerprint density at radius 3 is 2.74 bits per heavy atom. The molecule has 1 fully saturated rings. The lowest BCUT2D eigenvalue weighted by Crippen LogP contribution is -2.23. The van der Waals surface area contributed by atoms with Crippen molar-refractivity contribution in [2.24, 2.45) is 5.92 Å². The number of nitrogens with one attached hydrogen (secondary N) is 1. The van der Waals surface area contributed by atoms with E-state index in [2.05, 4.69) is 22.2 Å². The van der Waals surface area contributed by atoms with Gasteiger partial charge in [0.15, 0.2) is 11.4 Å². The van der Waals surface area contributed by atoms with Crippen LogP contribution >= 0.6 is 0 Å². The van der Waals surface area contributed by atoms with Gasteiger partial charge in [0.2, 0.25) is 0 Å². The molecule has 6 heteroatoms. The normalized spacial score (nSPS) is 20.2. The van der Waals surface area contributed by atoms with E-state index in [1.54, 1.807) is 24.3 Å². The van der Waals surface area contributed by atoms with E-state index >= 15 is 0 Å². The van der Waals surface area contributed by atoms with E-state index in [1.165, 1.54) is 17.7 Å². The molecule has 2 aromatic heterocycles. The molecule has 0 spiro atoms. The van der Waals surface area contributed by atoms with Crippen LogP contribution in [0.2, 0.25) is 0 Å². The molecule has 0 amide bonds. The number of fused-ring (bicyclic) bond motifs is 2. The fourth-order valence-electron chi connectivity index (χ4n) is 4.95. The maximum Gasteiger partial charge on any atom is 0.295 e. The van der Waals surface area contributed by atoms with Crippen molar-refractivity contribution >= 4 is 28.0 Å². The van der Waals surface area contributed by atoms with Crippen molar-refractivity contribution < 1.29 is 13.2 Å². The van der Waals surface area contributed by atoms with Crippen LogP contribution in [0.3, 0.4) is 0 Å². The summed E-state index contributed by atoms with van der Waals surface area (Å²) in [6, 6.07) is 12.1. The van der Waals surface area contributed by atoms with Crippen LogP contribution in [0.4, 0.5) is 14.8 Å². The van der Waals surface area contributed by atoms with Gasteiger partial charge < -0.3 is 9.73 Å². The fourth-order valence-corrected chi connectivity index (χ4v) is 4.95. The molecule has 0 unspecified atom stereocenters. The first-order valence-corrected chi connectivity index (χ1v) is 10.9. The molecule has 160 valence electrons. The second-order valence-electron chi connectivity index (χ2n) is 8.67. The topological polar surface area (TPSA) is 51.0 Å². The number of oxazole rings is 1. The maximum atomic E-state index is 13.8. The molecule has 1 aliphatic carbocycles. The van der Waals surface area contributed by atoms with E-state index in [0.717, 1.165) is 43.0 Å². The zero-order valence-electron chi connectivity index (χ0n) is 17.4. The number of rotatable bonds is 5. The summed E-state index contributed by atoms with van der Waals surface area (Å²) < 4.78 is 33.3. The van der Waals surface area contributed by atoms with E-state index in [-0.39, 0.29) is 23.2 Å². The lowest BCUT2D eigenvalue weighted by Gasteiger charge is -2.31. The molecule has 0 saturated heterocycles. The van der Waals surface area contributed by atoms with Crippen LogP contribution in [-0.4, -0.2) is 16.0 Å². The molecule has 2 aromatic carbocycles. The van der Waals surface area contributed by atoms with Gasteiger partial charge in [0.05, 0.1) is 5.52 Å². The number of hydrogen-bond acceptors (Lipinski definition) is 4. The van der Waals surface area contributed by atoms with Crippen molar-refractivity contribution in [3.63, 3.8) is 0 Å². The number of anilines is 1. The highest BCUT2D eigenvalue weighted by Crippen LogP contribution is 2.40. The smallest absolute Gasteiger partial charge is 0.295 e. The van der Waals surface area contributed by atoms with Crippen molar-refractivity contribution in [2.75, 3.05) is 5.32 Å². The van der Waals surface area contributed by atoms with Crippen molar-refractivity contribution in [1.29, 1.82) is 0 Å². The monoisotopic (exact) mass is 421 g/mol. The average Bonchev–Trinajstić information content (AvgIpc) is 3.17. The standard InChI is InChI=1S/C25H25F2N3O/c1-15(29-25-30-24-21(27)3-2-4-23(24)31-25)13-16-5-7-17(8-6-16)19-11-12-28-22-10-9-18(26)14-20(19)22/h2-4,9-12,14-17H,5-8,13H2,1H3,(H,29,30)/t15-,16?,17?/m1/s1. The van der Waals surface area contributed by atoms with Gasteiger partial charge in [0.25, 0.3) is 6.01 Å². The molecule has 1 N–H and O–H groups in total. The van der Waals surface area contributed by atoms with Crippen LogP contribution in [0.5, 0.6) is 0 Å². The Bertz CT molecular complexity index is 1210. The highest BCUT2D eigenvalue weighted by Gasteiger charge is 2.25. The summed E-state index contributed by atoms with van der Waals surface area (Å²) in [4.78, 5) is 8.62. The van der Waals surface area contributed by atoms with Gasteiger partial charge in [0, 0.05) is 17.6 Å². The van der Waals surface area contributed by atoms with E-state index in [9.17, 15) is 8.78 Å². The predicted octanol–water partition coefficient (Wildman–Crippen LogP) is 6.82. The minimum absolute atomic E-state index is 0.175. The second kappa shape index (κ2) is 8.25. The van der Waals surface area contributed by atoms with Crippen LogP contribution in [0, 0.1) is 17.6 Å². The summed E-state index contributed by atoms with van der Waals surface area (Å²) in [5.41, 5.74) is 2.78. The van der Waals surface area contributed by atoms with E-state index in [1.807, 2.05) is 12.3 Å². The molecule has 2 heterocycles. The van der Waals surface area contributed by atoms with Crippen molar-refractivity contribution in [3.05, 3.63) is 65.9 Å². The molecular formula is C25H25F2N3O. The molecule has 5 rings (SSSR count). The third kappa shape index (κ3) is 4.11. The molecule has 4 nitrogen and oxygen atoms in total. The number of aromatic nitrogens is 2. The Morgan fingerprint density at radius 2 is 1.94 bits per heavy atom. The van der Waals surface area contributed by atoms with Crippen LogP contribution in [-0.2, 0) is 0 Å². The van der Waals surface area contributed by atoms with Gasteiger partial charge in [-0.3, -0.25) is 4.98 Å². The number of para-hydroxylation sites is 1. The van der Waals surface area contributed by atoms with Crippen molar-refractivity contribution in [3.8, 4) is 0 Å². The number of halogens is 2. The average molecular weight is 421 g/mol. The van der Waals surface area contributed by atoms with Gasteiger partial charge in [0.1, 0.15) is 11.3 Å². The Labute approximate surface area is 179 Å². The summed E-state index contributed by atoms with van der Waals surface area (Å²) >= 11 is 0. The van der Waals surface area contributed by atoms with Gasteiger partial charge >= 0.3 is 0 Å². The first-order chi connectivity index (χ1) is 15.1. The quantitative estimate of drug-likeness (QED) is 0.384. The molecule has 0 aliphatic heterocycles. The molecule has 1 aliphatic rings. The second-order valence-corrected chi connectivity index (χ2v) is 8.67. The number of hydrogen-bond donors (Lipinski definition) is 1. The van der Waals surface area contributed by atoms with Gasteiger partial charge in [-0.15, -0.1) is 0 Å². The Morgan fingerprint density at radius 1 is 1.10 bits per heavy atom. The lowest BCUT2D eigenvalue weighted by atomic mass is 9.76. The van der Waals surface area contributed by atoms with E-state index in [0.29, 0.717) is 23.4 Å². The van der Waals surface area contributed by atoms with Crippen LogP contribution in [0.25, 0.3) is 22.0 Å². The molecule has 31 heavy (non-hydrogen) atoms. The highest BCUT2D eigenvalue weighted by atomic mass is 19.1. The highest BCUT2D eigenvalue weighted by molar-refractivity contribution is 5.82. The van der Waals surface area contributed by atoms with Gasteiger partial charge in [-0.2, -0.15) is 4.98 Å². The Kier molecular flexibility index (Phi) is 5.30. The van der Waals surface area contributed by atoms with E-state index < -0.39 is 0 Å². The van der Waals surface area contributed by atoms with Crippen LogP contribution < -0.4 is 5.32 Å². The molecule has 0 radical (unpaired) electrons. The maximum absolute atomic E-state index is 13.8. The molecule has 1 atom stereocenters. The molecule has 0 bridgehead atoms. The zero-order valence-corrected chi connectivity index (χ0v) is 17.4. The summed E-state index contributed by atoms with van der Waals surface area (Å²) in [6.07, 6.45) is 7.24. The minimum atomic E-state index is -0.371. The number of nitrogens with zero attached hydrogens (tertiary/aromatic N) is 2. The summed E-state index contributed by atoms with van der Waals surface area (Å²) in [5, 5.41) is 4.22. The minimum Gasteiger partial charge on any atom is -0.423 e. The first-order valence-electron chi connectivity index (χ1n) is 10.9. The van der Waals surface area contributed by atoms with Crippen LogP contribution in [0.15, 0.2) is 53.1 Å². The number of benzene rings is 2. The fraction of sp³-hybridized carbons (Fsp3) is 0.360.